The molecule has 4 aromatic rings. The van der Waals surface area contributed by atoms with E-state index < -0.39 is 45.1 Å². The Morgan fingerprint density at radius 3 is 2.37 bits per heavy atom. The molecular formula is C26H23ClF2N4O5. The molecular weight excluding hydrogens is 522 g/mol. The first-order valence-electron chi connectivity index (χ1n) is 11.2. The molecule has 198 valence electrons. The Kier molecular flexibility index (Phi) is 7.06. The van der Waals surface area contributed by atoms with E-state index in [-0.39, 0.29) is 11.5 Å². The molecule has 3 N–H and O–H groups in total. The van der Waals surface area contributed by atoms with Gasteiger partial charge in [-0.25, -0.2) is 18.7 Å². The molecule has 0 atom stereocenters. The summed E-state index contributed by atoms with van der Waals surface area (Å²) in [4.78, 5) is 26.2. The van der Waals surface area contributed by atoms with Gasteiger partial charge in [-0.15, -0.1) is 0 Å². The van der Waals surface area contributed by atoms with E-state index in [1.54, 1.807) is 39.8 Å². The standard InChI is InChI=1S/C26H23ClF2N4O5/c1-13-12-31-19(18-7-8-30-24(32-18)25(3,4)35)11-20(13)33-14(2)9-21(22(27)23(33)34)38-26(36,37)16-6-5-15(28)10-17(16)29/h5-12,35-37H,1-4H3. The first-order chi connectivity index (χ1) is 17.7. The van der Waals surface area contributed by atoms with E-state index in [0.717, 1.165) is 12.1 Å². The van der Waals surface area contributed by atoms with Crippen molar-refractivity contribution in [1.82, 2.24) is 19.5 Å². The summed E-state index contributed by atoms with van der Waals surface area (Å²) in [6.45, 7) is 6.37. The van der Waals surface area contributed by atoms with Crippen LogP contribution in [0.25, 0.3) is 17.1 Å². The molecule has 0 saturated carbocycles. The number of pyridine rings is 2. The van der Waals surface area contributed by atoms with E-state index in [4.69, 9.17) is 16.3 Å². The van der Waals surface area contributed by atoms with E-state index in [0.29, 0.717) is 28.7 Å². The quantitative estimate of drug-likeness (QED) is 0.314. The zero-order chi connectivity index (χ0) is 28.0. The lowest BCUT2D eigenvalue weighted by Gasteiger charge is -2.25. The number of halogens is 3. The number of aromatic nitrogens is 4. The van der Waals surface area contributed by atoms with Crippen LogP contribution in [0.15, 0.2) is 53.6 Å². The average Bonchev–Trinajstić information content (AvgIpc) is 2.82. The van der Waals surface area contributed by atoms with Gasteiger partial charge in [-0.3, -0.25) is 14.3 Å². The van der Waals surface area contributed by atoms with E-state index in [1.807, 2.05) is 0 Å². The van der Waals surface area contributed by atoms with E-state index in [2.05, 4.69) is 15.0 Å². The maximum absolute atomic E-state index is 14.1. The smallest absolute Gasteiger partial charge is 0.354 e. The van der Waals surface area contributed by atoms with Crippen molar-refractivity contribution in [3.05, 3.63) is 98.4 Å². The molecule has 38 heavy (non-hydrogen) atoms. The molecule has 9 nitrogen and oxygen atoms in total. The summed E-state index contributed by atoms with van der Waals surface area (Å²) in [6.07, 6.45) is 3.02. The van der Waals surface area contributed by atoms with Gasteiger partial charge in [-0.05, 0) is 57.5 Å². The fourth-order valence-corrected chi connectivity index (χ4v) is 3.88. The molecule has 0 unspecified atom stereocenters. The molecule has 3 aromatic heterocycles. The fourth-order valence-electron chi connectivity index (χ4n) is 3.71. The molecule has 0 saturated heterocycles. The maximum atomic E-state index is 14.1. The molecule has 0 bridgehead atoms. The third kappa shape index (κ3) is 5.27. The van der Waals surface area contributed by atoms with Crippen molar-refractivity contribution < 1.29 is 28.8 Å². The minimum Gasteiger partial charge on any atom is -0.434 e. The molecule has 12 heteroatoms. The second-order valence-electron chi connectivity index (χ2n) is 9.12. The van der Waals surface area contributed by atoms with Crippen molar-refractivity contribution in [2.45, 2.75) is 39.3 Å². The summed E-state index contributed by atoms with van der Waals surface area (Å²) >= 11 is 6.26. The van der Waals surface area contributed by atoms with E-state index in [9.17, 15) is 28.9 Å². The second kappa shape index (κ2) is 9.84. The topological polar surface area (TPSA) is 131 Å². The van der Waals surface area contributed by atoms with E-state index in [1.165, 1.54) is 23.0 Å². The highest BCUT2D eigenvalue weighted by Crippen LogP contribution is 2.32. The van der Waals surface area contributed by atoms with Crippen LogP contribution in [0, 0.1) is 25.5 Å². The Labute approximate surface area is 220 Å². The summed E-state index contributed by atoms with van der Waals surface area (Å²) in [5.41, 5.74) is -0.750. The molecule has 0 aliphatic heterocycles. The van der Waals surface area contributed by atoms with Gasteiger partial charge < -0.3 is 20.1 Å². The lowest BCUT2D eigenvalue weighted by Crippen LogP contribution is -2.34. The van der Waals surface area contributed by atoms with Crippen molar-refractivity contribution in [2.24, 2.45) is 0 Å². The van der Waals surface area contributed by atoms with Crippen LogP contribution in [-0.2, 0) is 11.6 Å². The van der Waals surface area contributed by atoms with Gasteiger partial charge in [0.2, 0.25) is 0 Å². The van der Waals surface area contributed by atoms with Crippen LogP contribution >= 0.6 is 11.6 Å². The molecule has 3 heterocycles. The van der Waals surface area contributed by atoms with Crippen LogP contribution in [-0.4, -0.2) is 34.8 Å². The summed E-state index contributed by atoms with van der Waals surface area (Å²) in [5, 5.41) is 30.4. The largest absolute Gasteiger partial charge is 0.434 e. The van der Waals surface area contributed by atoms with Crippen LogP contribution in [0.4, 0.5) is 8.78 Å². The SMILES string of the molecule is Cc1cnc(-c2ccnc(C(C)(C)O)n2)cc1-n1c(C)cc(OC(O)(O)c2ccc(F)cc2F)c(Cl)c1=O. The highest BCUT2D eigenvalue weighted by molar-refractivity contribution is 6.31. The molecule has 0 aliphatic carbocycles. The third-order valence-corrected chi connectivity index (χ3v) is 5.96. The highest BCUT2D eigenvalue weighted by atomic mass is 35.5. The molecule has 0 aliphatic rings. The number of hydrogen-bond acceptors (Lipinski definition) is 8. The number of hydrogen-bond donors (Lipinski definition) is 3. The van der Waals surface area contributed by atoms with Gasteiger partial charge in [0.1, 0.15) is 22.3 Å². The van der Waals surface area contributed by atoms with Crippen molar-refractivity contribution in [2.75, 3.05) is 0 Å². The first kappa shape index (κ1) is 27.3. The van der Waals surface area contributed by atoms with Crippen LogP contribution in [0.1, 0.15) is 36.5 Å². The van der Waals surface area contributed by atoms with Crippen LogP contribution < -0.4 is 10.3 Å². The third-order valence-electron chi connectivity index (χ3n) is 5.62. The van der Waals surface area contributed by atoms with Crippen LogP contribution in [0.5, 0.6) is 5.75 Å². The number of aryl methyl sites for hydroxylation is 2. The first-order valence-corrected chi connectivity index (χ1v) is 11.6. The van der Waals surface area contributed by atoms with Crippen molar-refractivity contribution >= 4 is 11.6 Å². The Morgan fingerprint density at radius 2 is 1.71 bits per heavy atom. The molecule has 0 amide bonds. The minimum absolute atomic E-state index is 0.186. The normalized spacial score (nSPS) is 12.1. The molecule has 0 fully saturated rings. The fraction of sp³-hybridized carbons (Fsp3) is 0.231. The van der Waals surface area contributed by atoms with Crippen molar-refractivity contribution in [3.63, 3.8) is 0 Å². The molecule has 0 spiro atoms. The second-order valence-corrected chi connectivity index (χ2v) is 9.50. The van der Waals surface area contributed by atoms with Crippen LogP contribution in [0.2, 0.25) is 5.02 Å². The maximum Gasteiger partial charge on any atom is 0.354 e. The number of benzene rings is 1. The Bertz CT molecular complexity index is 1600. The van der Waals surface area contributed by atoms with Gasteiger partial charge in [0.25, 0.3) is 5.56 Å². The minimum atomic E-state index is -3.25. The van der Waals surface area contributed by atoms with Gasteiger partial charge in [0.15, 0.2) is 11.6 Å². The predicted octanol–water partition coefficient (Wildman–Crippen LogP) is 3.64. The van der Waals surface area contributed by atoms with E-state index >= 15 is 0 Å². The summed E-state index contributed by atoms with van der Waals surface area (Å²) in [5.74, 6) is -5.70. The summed E-state index contributed by atoms with van der Waals surface area (Å²) in [7, 11) is 0. The lowest BCUT2D eigenvalue weighted by atomic mass is 10.1. The highest BCUT2D eigenvalue weighted by Gasteiger charge is 2.34. The molecule has 4 rings (SSSR count). The lowest BCUT2D eigenvalue weighted by molar-refractivity contribution is -0.305. The van der Waals surface area contributed by atoms with Gasteiger partial charge in [0.05, 0.1) is 22.6 Å². The van der Waals surface area contributed by atoms with Gasteiger partial charge in [-0.1, -0.05) is 11.6 Å². The van der Waals surface area contributed by atoms with Gasteiger partial charge >= 0.3 is 5.97 Å². The number of nitrogens with zero attached hydrogens (tertiary/aromatic N) is 4. The zero-order valence-corrected chi connectivity index (χ0v) is 21.5. The predicted molar refractivity (Wildman–Crippen MR) is 134 cm³/mol. The average molecular weight is 545 g/mol. The molecule has 1 aromatic carbocycles. The summed E-state index contributed by atoms with van der Waals surface area (Å²) < 4.78 is 33.8. The van der Waals surface area contributed by atoms with Gasteiger partial charge in [-0.2, -0.15) is 0 Å². The zero-order valence-electron chi connectivity index (χ0n) is 20.7. The van der Waals surface area contributed by atoms with Crippen LogP contribution in [0.3, 0.4) is 0 Å². The number of ether oxygens (including phenoxy) is 1. The molecule has 0 radical (unpaired) electrons. The Balaban J connectivity index is 1.78. The number of rotatable bonds is 6. The monoisotopic (exact) mass is 544 g/mol. The Morgan fingerprint density at radius 1 is 1.00 bits per heavy atom. The van der Waals surface area contributed by atoms with Crippen molar-refractivity contribution in [1.29, 1.82) is 0 Å². The van der Waals surface area contributed by atoms with Gasteiger partial charge in [0, 0.05) is 30.2 Å². The summed E-state index contributed by atoms with van der Waals surface area (Å²) in [6, 6.07) is 6.55. The van der Waals surface area contributed by atoms with Crippen molar-refractivity contribution in [3.8, 4) is 22.8 Å². The Hall–Kier alpha value is -3.77. The number of aliphatic hydroxyl groups is 3.